The van der Waals surface area contributed by atoms with E-state index in [-0.39, 0.29) is 10.6 Å². The van der Waals surface area contributed by atoms with Crippen LogP contribution >= 0.6 is 11.8 Å². The molecule has 8 nitrogen and oxygen atoms in total. The van der Waals surface area contributed by atoms with E-state index in [0.717, 1.165) is 27.2 Å². The van der Waals surface area contributed by atoms with Gasteiger partial charge >= 0.3 is 6.03 Å². The summed E-state index contributed by atoms with van der Waals surface area (Å²) in [4.78, 5) is 27.9. The second-order valence-corrected chi connectivity index (χ2v) is 9.36. The Hall–Kier alpha value is -2.43. The maximum absolute atomic E-state index is 12.0. The number of nitrogens with one attached hydrogen (secondary N) is 2. The van der Waals surface area contributed by atoms with Crippen molar-refractivity contribution >= 4 is 39.4 Å². The fourth-order valence-electron chi connectivity index (χ4n) is 2.10. The molecule has 0 fully saturated rings. The van der Waals surface area contributed by atoms with Gasteiger partial charge in [-0.15, -0.1) is 0 Å². The first kappa shape index (κ1) is 21.9. The Morgan fingerprint density at radius 2 is 1.82 bits per heavy atom. The van der Waals surface area contributed by atoms with Crippen LogP contribution in [0.4, 0.5) is 10.5 Å². The normalized spacial score (nSPS) is 11.3. The van der Waals surface area contributed by atoms with Crippen molar-refractivity contribution in [2.24, 2.45) is 0 Å². The van der Waals surface area contributed by atoms with Gasteiger partial charge in [-0.05, 0) is 49.2 Å². The minimum atomic E-state index is -3.55. The molecule has 0 bridgehead atoms. The van der Waals surface area contributed by atoms with Crippen molar-refractivity contribution in [3.63, 3.8) is 0 Å². The highest BCUT2D eigenvalue weighted by molar-refractivity contribution is 7.99. The number of aryl methyl sites for hydroxylation is 2. The van der Waals surface area contributed by atoms with Crippen LogP contribution in [0.3, 0.4) is 0 Å². The number of thioether (sulfide) groups is 1. The van der Waals surface area contributed by atoms with Crippen LogP contribution in [0.25, 0.3) is 0 Å². The molecule has 0 saturated heterocycles. The number of urea groups is 1. The Morgan fingerprint density at radius 3 is 2.39 bits per heavy atom. The summed E-state index contributed by atoms with van der Waals surface area (Å²) in [6, 6.07) is 7.79. The molecule has 3 amide bonds. The molecule has 0 aliphatic carbocycles. The van der Waals surface area contributed by atoms with E-state index in [9.17, 15) is 18.0 Å². The summed E-state index contributed by atoms with van der Waals surface area (Å²) in [5.74, 6) is -0.522. The van der Waals surface area contributed by atoms with E-state index in [0.29, 0.717) is 10.7 Å². The highest BCUT2D eigenvalue weighted by Crippen LogP contribution is 2.18. The van der Waals surface area contributed by atoms with Gasteiger partial charge in [-0.25, -0.2) is 22.5 Å². The molecule has 28 heavy (non-hydrogen) atoms. The zero-order valence-electron chi connectivity index (χ0n) is 16.0. The van der Waals surface area contributed by atoms with Gasteiger partial charge in [0.25, 0.3) is 0 Å². The van der Waals surface area contributed by atoms with Crippen molar-refractivity contribution < 1.29 is 18.0 Å². The van der Waals surface area contributed by atoms with Gasteiger partial charge in [0.15, 0.2) is 0 Å². The van der Waals surface area contributed by atoms with Crippen molar-refractivity contribution in [3.05, 3.63) is 47.7 Å². The molecule has 0 atom stereocenters. The van der Waals surface area contributed by atoms with Crippen LogP contribution < -0.4 is 10.6 Å². The SMILES string of the molecule is Cc1ccc(NC(=O)NC(=O)CSc2ccc(S(=O)(=O)N(C)C)cn2)cc1C. The summed E-state index contributed by atoms with van der Waals surface area (Å²) in [5, 5.41) is 5.32. The Balaban J connectivity index is 1.86. The lowest BCUT2D eigenvalue weighted by atomic mass is 10.1. The molecule has 10 heteroatoms. The van der Waals surface area contributed by atoms with E-state index in [1.165, 1.54) is 32.4 Å². The quantitative estimate of drug-likeness (QED) is 0.692. The first-order valence-corrected chi connectivity index (χ1v) is 10.7. The van der Waals surface area contributed by atoms with Crippen molar-refractivity contribution in [2.45, 2.75) is 23.8 Å². The zero-order valence-corrected chi connectivity index (χ0v) is 17.6. The molecule has 0 aliphatic heterocycles. The van der Waals surface area contributed by atoms with E-state index < -0.39 is 22.0 Å². The predicted octanol–water partition coefficient (Wildman–Crippen LogP) is 2.39. The number of hydrogen-bond acceptors (Lipinski definition) is 6. The summed E-state index contributed by atoms with van der Waals surface area (Å²) in [6.07, 6.45) is 1.24. The van der Waals surface area contributed by atoms with Crippen molar-refractivity contribution in [1.29, 1.82) is 0 Å². The number of benzene rings is 1. The van der Waals surface area contributed by atoms with Crippen molar-refractivity contribution in [1.82, 2.24) is 14.6 Å². The fourth-order valence-corrected chi connectivity index (χ4v) is 3.59. The summed E-state index contributed by atoms with van der Waals surface area (Å²) < 4.78 is 25.1. The average Bonchev–Trinajstić information content (AvgIpc) is 2.63. The van der Waals surface area contributed by atoms with Gasteiger partial charge in [-0.1, -0.05) is 17.8 Å². The summed E-state index contributed by atoms with van der Waals surface area (Å²) in [7, 11) is -0.675. The molecule has 0 radical (unpaired) electrons. The maximum atomic E-state index is 12.0. The number of anilines is 1. The number of pyridine rings is 1. The second kappa shape index (κ2) is 9.18. The standard InChI is InChI=1S/C18H22N4O4S2/c1-12-5-6-14(9-13(12)2)20-18(24)21-16(23)11-27-17-8-7-15(10-19-17)28(25,26)22(3)4/h5-10H,11H2,1-4H3,(H2,20,21,23,24). The van der Waals surface area contributed by atoms with Crippen molar-refractivity contribution in [3.8, 4) is 0 Å². The minimum Gasteiger partial charge on any atom is -0.308 e. The Kier molecular flexibility index (Phi) is 7.17. The summed E-state index contributed by atoms with van der Waals surface area (Å²) >= 11 is 1.10. The first-order chi connectivity index (χ1) is 13.1. The van der Waals surface area contributed by atoms with Gasteiger partial charge in [0, 0.05) is 26.0 Å². The van der Waals surface area contributed by atoms with Crippen LogP contribution in [-0.2, 0) is 14.8 Å². The molecule has 1 heterocycles. The van der Waals surface area contributed by atoms with Gasteiger partial charge < -0.3 is 5.32 Å². The number of sulfonamides is 1. The van der Waals surface area contributed by atoms with Gasteiger partial charge in [0.2, 0.25) is 15.9 Å². The lowest BCUT2D eigenvalue weighted by Gasteiger charge is -2.11. The number of carbonyl (C=O) groups excluding carboxylic acids is 2. The number of carbonyl (C=O) groups is 2. The molecule has 0 saturated carbocycles. The Bertz CT molecular complexity index is 974. The lowest BCUT2D eigenvalue weighted by Crippen LogP contribution is -2.35. The monoisotopic (exact) mass is 422 g/mol. The molecule has 1 aromatic heterocycles. The van der Waals surface area contributed by atoms with E-state index in [1.54, 1.807) is 6.07 Å². The molecular formula is C18H22N4O4S2. The molecule has 1 aromatic carbocycles. The van der Waals surface area contributed by atoms with Gasteiger partial charge in [-0.2, -0.15) is 0 Å². The predicted molar refractivity (Wildman–Crippen MR) is 109 cm³/mol. The van der Waals surface area contributed by atoms with Crippen LogP contribution in [-0.4, -0.2) is 49.5 Å². The molecule has 0 unspecified atom stereocenters. The molecule has 2 aromatic rings. The number of amides is 3. The number of hydrogen-bond donors (Lipinski definition) is 2. The summed E-state index contributed by atoms with van der Waals surface area (Å²) in [6.45, 7) is 3.90. The third kappa shape index (κ3) is 5.78. The van der Waals surface area contributed by atoms with Crippen LogP contribution in [0.1, 0.15) is 11.1 Å². The number of aromatic nitrogens is 1. The smallest absolute Gasteiger partial charge is 0.308 e. The Morgan fingerprint density at radius 1 is 1.11 bits per heavy atom. The summed E-state index contributed by atoms with van der Waals surface area (Å²) in [5.41, 5.74) is 2.74. The first-order valence-electron chi connectivity index (χ1n) is 8.29. The van der Waals surface area contributed by atoms with E-state index in [2.05, 4.69) is 15.6 Å². The highest BCUT2D eigenvalue weighted by Gasteiger charge is 2.17. The average molecular weight is 423 g/mol. The van der Waals surface area contributed by atoms with Crippen LogP contribution in [0.15, 0.2) is 46.5 Å². The highest BCUT2D eigenvalue weighted by atomic mass is 32.2. The number of rotatable bonds is 6. The minimum absolute atomic E-state index is 0.0346. The van der Waals surface area contributed by atoms with Crippen LogP contribution in [0.2, 0.25) is 0 Å². The number of imide groups is 1. The zero-order chi connectivity index (χ0) is 20.9. The number of nitrogens with zero attached hydrogens (tertiary/aromatic N) is 2. The van der Waals surface area contributed by atoms with Crippen LogP contribution in [0, 0.1) is 13.8 Å². The molecule has 150 valence electrons. The second-order valence-electron chi connectivity index (χ2n) is 6.21. The molecule has 2 rings (SSSR count). The third-order valence-electron chi connectivity index (χ3n) is 3.86. The van der Waals surface area contributed by atoms with E-state index in [1.807, 2.05) is 26.0 Å². The lowest BCUT2D eigenvalue weighted by molar-refractivity contribution is -0.117. The topological polar surface area (TPSA) is 108 Å². The molecule has 2 N–H and O–H groups in total. The van der Waals surface area contributed by atoms with E-state index in [4.69, 9.17) is 0 Å². The van der Waals surface area contributed by atoms with Crippen LogP contribution in [0.5, 0.6) is 0 Å². The van der Waals surface area contributed by atoms with Gasteiger partial charge in [-0.3, -0.25) is 10.1 Å². The third-order valence-corrected chi connectivity index (χ3v) is 6.60. The van der Waals surface area contributed by atoms with Gasteiger partial charge in [0.05, 0.1) is 10.8 Å². The molecular weight excluding hydrogens is 400 g/mol. The van der Waals surface area contributed by atoms with Gasteiger partial charge in [0.1, 0.15) is 4.90 Å². The largest absolute Gasteiger partial charge is 0.325 e. The van der Waals surface area contributed by atoms with E-state index >= 15 is 0 Å². The molecule has 0 spiro atoms. The Labute approximate surface area is 168 Å². The maximum Gasteiger partial charge on any atom is 0.325 e. The molecule has 0 aliphatic rings. The van der Waals surface area contributed by atoms with Crippen molar-refractivity contribution in [2.75, 3.05) is 25.2 Å². The fraction of sp³-hybridized carbons (Fsp3) is 0.278.